The summed E-state index contributed by atoms with van der Waals surface area (Å²) in [6, 6.07) is 0. The summed E-state index contributed by atoms with van der Waals surface area (Å²) in [5.74, 6) is -5.34. The van der Waals surface area contributed by atoms with Crippen LogP contribution in [0.3, 0.4) is 0 Å². The summed E-state index contributed by atoms with van der Waals surface area (Å²) in [6.07, 6.45) is 0.935. The standard InChI is InChI=1S/2C6H11OP.C5H2F6O2.Eu/c2*7-8-6-4-2-1-3-5-6;6-4(7,8)2(12)1-3(13)5(9,10)11;/h2*6H,1-5H2;1,12H;/b;;2-1-;. The minimum atomic E-state index is -5.42. The molecule has 0 saturated heterocycles. The summed E-state index contributed by atoms with van der Waals surface area (Å²) in [6.45, 7) is 0. The molecule has 1 N–H and O–H groups in total. The van der Waals surface area contributed by atoms with Crippen molar-refractivity contribution in [2.45, 2.75) is 87.9 Å². The van der Waals surface area contributed by atoms with Gasteiger partial charge < -0.3 is 5.11 Å². The van der Waals surface area contributed by atoms with Gasteiger partial charge in [0, 0.05) is 66.8 Å². The molecule has 4 nitrogen and oxygen atoms in total. The fourth-order valence-corrected chi connectivity index (χ4v) is 3.81. The normalized spacial score (nSPS) is 19.1. The zero-order valence-corrected chi connectivity index (χ0v) is 20.2. The average molecular weight is 620 g/mol. The van der Waals surface area contributed by atoms with Crippen LogP contribution >= 0.6 is 16.9 Å². The van der Waals surface area contributed by atoms with Gasteiger partial charge in [-0.3, -0.25) is 13.9 Å². The van der Waals surface area contributed by atoms with Crippen molar-refractivity contribution in [3.05, 3.63) is 11.8 Å². The molecule has 1 radical (unpaired) electrons. The molecule has 0 bridgehead atoms. The van der Waals surface area contributed by atoms with Gasteiger partial charge in [-0.15, -0.1) is 0 Å². The van der Waals surface area contributed by atoms with Crippen LogP contribution in [0.5, 0.6) is 0 Å². The molecule has 175 valence electrons. The number of aliphatic hydroxyl groups is 1. The third-order valence-electron chi connectivity index (χ3n) is 4.29. The summed E-state index contributed by atoms with van der Waals surface area (Å²) in [5, 5.41) is 7.93. The second kappa shape index (κ2) is 17.1. The SMILES string of the molecule is O=C(/C=C(\O)C(F)(F)F)C(F)(F)F.O=PC1CCCCC1.O=PC1CCCCC1.[Eu]. The topological polar surface area (TPSA) is 71.4 Å². The zero-order chi connectivity index (χ0) is 22.5. The van der Waals surface area contributed by atoms with Crippen molar-refractivity contribution < 1.29 is 94.8 Å². The van der Waals surface area contributed by atoms with E-state index >= 15 is 0 Å². The van der Waals surface area contributed by atoms with Crippen LogP contribution in [-0.2, 0) is 13.9 Å². The molecule has 13 heteroatoms. The number of allylic oxidation sites excluding steroid dienone is 2. The molecule has 2 saturated carbocycles. The van der Waals surface area contributed by atoms with Crippen molar-refractivity contribution in [1.29, 1.82) is 0 Å². The van der Waals surface area contributed by atoms with Gasteiger partial charge in [0.25, 0.3) is 5.78 Å². The third-order valence-corrected chi connectivity index (χ3v) is 5.91. The van der Waals surface area contributed by atoms with Gasteiger partial charge in [0.1, 0.15) is 0 Å². The molecule has 0 aromatic rings. The Hall–Kier alpha value is 0.574. The Morgan fingerprint density at radius 3 is 1.27 bits per heavy atom. The van der Waals surface area contributed by atoms with Crippen LogP contribution in [0.4, 0.5) is 26.3 Å². The van der Waals surface area contributed by atoms with E-state index in [1.54, 1.807) is 0 Å². The summed E-state index contributed by atoms with van der Waals surface area (Å²) in [5.41, 5.74) is 1.01. The van der Waals surface area contributed by atoms with Crippen LogP contribution in [0.15, 0.2) is 11.8 Å². The average Bonchev–Trinajstić information content (AvgIpc) is 2.68. The van der Waals surface area contributed by atoms with Gasteiger partial charge in [-0.1, -0.05) is 38.5 Å². The maximum atomic E-state index is 11.4. The minimum absolute atomic E-state index is 0. The predicted octanol–water partition coefficient (Wildman–Crippen LogP) is 7.34. The summed E-state index contributed by atoms with van der Waals surface area (Å²) < 4.78 is 88.6. The quantitative estimate of drug-likeness (QED) is 0.155. The molecule has 0 aliphatic heterocycles. The van der Waals surface area contributed by atoms with Gasteiger partial charge in [-0.2, -0.15) is 26.3 Å². The van der Waals surface area contributed by atoms with Crippen molar-refractivity contribution >= 4 is 22.7 Å². The Kier molecular flexibility index (Phi) is 18.7. The molecule has 30 heavy (non-hydrogen) atoms. The van der Waals surface area contributed by atoms with E-state index in [4.69, 9.17) is 5.11 Å². The van der Waals surface area contributed by atoms with Gasteiger partial charge in [-0.25, -0.2) is 0 Å². The number of carbonyl (C=O) groups excluding carboxylic acids is 1. The zero-order valence-electron chi connectivity index (χ0n) is 16.0. The van der Waals surface area contributed by atoms with Gasteiger partial charge in [0.05, 0.1) is 0 Å². The van der Waals surface area contributed by atoms with E-state index in [0.717, 1.165) is 0 Å². The number of alkyl halides is 6. The predicted molar refractivity (Wildman–Crippen MR) is 96.8 cm³/mol. The van der Waals surface area contributed by atoms with Crippen LogP contribution in [0.25, 0.3) is 0 Å². The van der Waals surface area contributed by atoms with Crippen LogP contribution in [0, 0.1) is 49.4 Å². The molecular weight excluding hydrogens is 596 g/mol. The minimum Gasteiger partial charge on any atom is -0.504 e. The number of halogens is 6. The number of rotatable bonds is 3. The molecule has 2 rings (SSSR count). The Bertz CT molecular complexity index is 521. The fraction of sp³-hybridized carbons (Fsp3) is 0.824. The Balaban J connectivity index is 0. The number of carbonyl (C=O) groups is 1. The van der Waals surface area contributed by atoms with Gasteiger partial charge in [0.15, 0.2) is 16.9 Å². The first kappa shape index (κ1) is 32.8. The molecule has 0 spiro atoms. The molecular formula is C17H24EuF6O4P2. The van der Waals surface area contributed by atoms with Gasteiger partial charge in [0.2, 0.25) is 5.76 Å². The van der Waals surface area contributed by atoms with E-state index in [9.17, 15) is 40.3 Å². The fourth-order valence-electron chi connectivity index (χ4n) is 2.66. The van der Waals surface area contributed by atoms with Crippen molar-refractivity contribution in [3.63, 3.8) is 0 Å². The first-order chi connectivity index (χ1) is 13.4. The van der Waals surface area contributed by atoms with Gasteiger partial charge in [-0.05, 0) is 25.7 Å². The van der Waals surface area contributed by atoms with Crippen molar-refractivity contribution in [2.75, 3.05) is 0 Å². The van der Waals surface area contributed by atoms with Crippen LogP contribution in [-0.4, -0.2) is 34.6 Å². The smallest absolute Gasteiger partial charge is 0.454 e. The van der Waals surface area contributed by atoms with E-state index in [0.29, 0.717) is 28.2 Å². The largest absolute Gasteiger partial charge is 0.504 e. The van der Waals surface area contributed by atoms with Crippen LogP contribution in [0.2, 0.25) is 0 Å². The van der Waals surface area contributed by atoms with E-state index in [1.807, 2.05) is 0 Å². The van der Waals surface area contributed by atoms with Gasteiger partial charge >= 0.3 is 12.4 Å². The third kappa shape index (κ3) is 16.2. The summed E-state index contributed by atoms with van der Waals surface area (Å²) >= 11 is 0. The van der Waals surface area contributed by atoms with E-state index < -0.39 is 30.0 Å². The maximum absolute atomic E-state index is 11.4. The molecule has 0 aromatic heterocycles. The van der Waals surface area contributed by atoms with Crippen LogP contribution < -0.4 is 0 Å². The first-order valence-corrected chi connectivity index (χ1v) is 10.9. The Morgan fingerprint density at radius 1 is 0.733 bits per heavy atom. The van der Waals surface area contributed by atoms with E-state index in [2.05, 4.69) is 0 Å². The number of ketones is 1. The molecule has 2 aliphatic rings. The molecule has 0 amide bonds. The monoisotopic (exact) mass is 621 g/mol. The summed E-state index contributed by atoms with van der Waals surface area (Å²) in [4.78, 5) is 9.86. The molecule has 0 heterocycles. The maximum Gasteiger partial charge on any atom is 0.454 e. The number of hydrogen-bond acceptors (Lipinski definition) is 4. The second-order valence-corrected chi connectivity index (χ2v) is 8.57. The molecule has 2 fully saturated rings. The summed E-state index contributed by atoms with van der Waals surface area (Å²) in [7, 11) is 0.753. The second-order valence-electron chi connectivity index (χ2n) is 6.68. The molecule has 0 aromatic carbocycles. The molecule has 0 unspecified atom stereocenters. The van der Waals surface area contributed by atoms with Crippen molar-refractivity contribution in [3.8, 4) is 0 Å². The first-order valence-electron chi connectivity index (χ1n) is 9.15. The van der Waals surface area contributed by atoms with E-state index in [1.165, 1.54) is 64.2 Å². The number of aliphatic hydroxyl groups excluding tert-OH is 1. The van der Waals surface area contributed by atoms with Crippen molar-refractivity contribution in [2.24, 2.45) is 0 Å². The Labute approximate surface area is 215 Å². The van der Waals surface area contributed by atoms with Crippen LogP contribution in [0.1, 0.15) is 64.2 Å². The Morgan fingerprint density at radius 2 is 1.07 bits per heavy atom. The number of hydrogen-bond donors (Lipinski definition) is 1. The van der Waals surface area contributed by atoms with E-state index in [-0.39, 0.29) is 49.4 Å². The molecule has 2 aliphatic carbocycles. The van der Waals surface area contributed by atoms with Crippen molar-refractivity contribution in [1.82, 2.24) is 0 Å². The molecule has 0 atom stereocenters.